The Balaban J connectivity index is 0.00000625. The number of halogens is 1. The molecule has 0 bridgehead atoms. The molecule has 0 fully saturated rings. The van der Waals surface area contributed by atoms with Crippen molar-refractivity contribution >= 4 is 41.5 Å². The Morgan fingerprint density at radius 1 is 1.19 bits per heavy atom. The van der Waals surface area contributed by atoms with Crippen LogP contribution < -0.4 is 10.2 Å². The number of anilines is 1. The number of nitrogens with zero attached hydrogens (tertiary/aromatic N) is 4. The number of ether oxygens (including phenoxy) is 1. The number of guanidine groups is 1. The number of rotatable bonds is 8. The highest BCUT2D eigenvalue weighted by Gasteiger charge is 2.10. The first kappa shape index (κ1) is 24.5. The lowest BCUT2D eigenvalue weighted by molar-refractivity contribution is -0.127. The molecule has 1 N–H and O–H groups in total. The zero-order chi connectivity index (χ0) is 18.8. The summed E-state index contributed by atoms with van der Waals surface area (Å²) in [7, 11) is 11.1. The van der Waals surface area contributed by atoms with Gasteiger partial charge in [0.25, 0.3) is 0 Å². The van der Waals surface area contributed by atoms with E-state index in [2.05, 4.69) is 33.4 Å². The third kappa shape index (κ3) is 8.70. The van der Waals surface area contributed by atoms with E-state index in [1.807, 2.05) is 32.1 Å². The van der Waals surface area contributed by atoms with Gasteiger partial charge in [-0.15, -0.1) is 24.0 Å². The van der Waals surface area contributed by atoms with Crippen molar-refractivity contribution in [1.82, 2.24) is 15.1 Å². The van der Waals surface area contributed by atoms with Crippen molar-refractivity contribution in [3.05, 3.63) is 29.8 Å². The second kappa shape index (κ2) is 12.7. The van der Waals surface area contributed by atoms with Crippen LogP contribution in [0, 0.1) is 0 Å². The Morgan fingerprint density at radius 3 is 2.46 bits per heavy atom. The Labute approximate surface area is 174 Å². The number of benzene rings is 1. The number of amides is 1. The highest BCUT2D eigenvalue weighted by Crippen LogP contribution is 2.14. The Kier molecular flexibility index (Phi) is 12.0. The van der Waals surface area contributed by atoms with Gasteiger partial charge < -0.3 is 24.8 Å². The SMILES string of the molecule is COCCNC(=NCC(=O)N(C)C)N(C)Cc1cccc(N(C)C)c1.I. The van der Waals surface area contributed by atoms with Crippen LogP contribution in [0.4, 0.5) is 5.69 Å². The van der Waals surface area contributed by atoms with Crippen LogP contribution in [0.15, 0.2) is 29.3 Å². The maximum atomic E-state index is 11.8. The lowest BCUT2D eigenvalue weighted by atomic mass is 10.2. The molecule has 1 rings (SSSR count). The van der Waals surface area contributed by atoms with Gasteiger partial charge in [0.15, 0.2) is 5.96 Å². The van der Waals surface area contributed by atoms with Gasteiger partial charge in [0.1, 0.15) is 6.54 Å². The number of aliphatic imine (C=N–C) groups is 1. The van der Waals surface area contributed by atoms with Crippen LogP contribution in [-0.4, -0.2) is 83.7 Å². The van der Waals surface area contributed by atoms with Crippen molar-refractivity contribution < 1.29 is 9.53 Å². The molecule has 0 aliphatic rings. The third-order valence-electron chi connectivity index (χ3n) is 3.66. The predicted molar refractivity (Wildman–Crippen MR) is 119 cm³/mol. The van der Waals surface area contributed by atoms with Crippen molar-refractivity contribution in [2.75, 3.05) is 66.9 Å². The number of hydrogen-bond donors (Lipinski definition) is 1. The van der Waals surface area contributed by atoms with Crippen LogP contribution in [0.3, 0.4) is 0 Å². The van der Waals surface area contributed by atoms with Gasteiger partial charge in [-0.3, -0.25) is 4.79 Å². The van der Waals surface area contributed by atoms with E-state index in [0.29, 0.717) is 25.7 Å². The number of hydrogen-bond acceptors (Lipinski definition) is 4. The fourth-order valence-electron chi connectivity index (χ4n) is 2.14. The van der Waals surface area contributed by atoms with E-state index in [1.54, 1.807) is 21.2 Å². The maximum Gasteiger partial charge on any atom is 0.243 e. The second-order valence-electron chi connectivity index (χ2n) is 6.27. The van der Waals surface area contributed by atoms with Crippen molar-refractivity contribution in [2.24, 2.45) is 4.99 Å². The average molecular weight is 477 g/mol. The lowest BCUT2D eigenvalue weighted by Gasteiger charge is -2.23. The number of likely N-dealkylation sites (N-methyl/N-ethyl adjacent to an activating group) is 1. The minimum absolute atomic E-state index is 0. The third-order valence-corrected chi connectivity index (χ3v) is 3.66. The van der Waals surface area contributed by atoms with Gasteiger partial charge in [0, 0.05) is 61.1 Å². The summed E-state index contributed by atoms with van der Waals surface area (Å²) in [5, 5.41) is 3.24. The van der Waals surface area contributed by atoms with Crippen LogP contribution in [0.1, 0.15) is 5.56 Å². The van der Waals surface area contributed by atoms with Gasteiger partial charge in [0.2, 0.25) is 5.91 Å². The molecule has 148 valence electrons. The van der Waals surface area contributed by atoms with E-state index in [-0.39, 0.29) is 36.4 Å². The number of nitrogens with one attached hydrogen (secondary N) is 1. The van der Waals surface area contributed by atoms with Crippen molar-refractivity contribution in [3.63, 3.8) is 0 Å². The number of carbonyl (C=O) groups is 1. The summed E-state index contributed by atoms with van der Waals surface area (Å²) in [6, 6.07) is 8.35. The zero-order valence-electron chi connectivity index (χ0n) is 16.7. The Morgan fingerprint density at radius 2 is 1.88 bits per heavy atom. The topological polar surface area (TPSA) is 60.4 Å². The highest BCUT2D eigenvalue weighted by molar-refractivity contribution is 14.0. The largest absolute Gasteiger partial charge is 0.383 e. The number of methoxy groups -OCH3 is 1. The zero-order valence-corrected chi connectivity index (χ0v) is 19.0. The molecular formula is C18H32IN5O2. The monoisotopic (exact) mass is 477 g/mol. The summed E-state index contributed by atoms with van der Waals surface area (Å²) >= 11 is 0. The number of carbonyl (C=O) groups excluding carboxylic acids is 1. The molecule has 0 heterocycles. The quantitative estimate of drug-likeness (QED) is 0.266. The standard InChI is InChI=1S/C18H31N5O2.HI/c1-21(2)16-9-7-8-15(12-16)14-23(5)18(19-10-11-25-6)20-13-17(24)22(3)4;/h7-9,12H,10-11,13-14H2,1-6H3,(H,19,20);1H. The Hall–Kier alpha value is -1.55. The first-order valence-electron chi connectivity index (χ1n) is 8.30. The molecule has 0 aliphatic heterocycles. The molecule has 0 aliphatic carbocycles. The average Bonchev–Trinajstić information content (AvgIpc) is 2.57. The molecule has 1 aromatic carbocycles. The minimum Gasteiger partial charge on any atom is -0.383 e. The normalized spacial score (nSPS) is 10.8. The van der Waals surface area contributed by atoms with Gasteiger partial charge in [-0.1, -0.05) is 12.1 Å². The molecule has 26 heavy (non-hydrogen) atoms. The molecule has 0 saturated carbocycles. The molecule has 8 heteroatoms. The molecular weight excluding hydrogens is 445 g/mol. The molecule has 1 aromatic rings. The fourth-order valence-corrected chi connectivity index (χ4v) is 2.14. The summed E-state index contributed by atoms with van der Waals surface area (Å²) in [6.45, 7) is 2.01. The summed E-state index contributed by atoms with van der Waals surface area (Å²) in [6.07, 6.45) is 0. The van der Waals surface area contributed by atoms with Crippen LogP contribution in [0.25, 0.3) is 0 Å². The van der Waals surface area contributed by atoms with E-state index < -0.39 is 0 Å². The molecule has 1 amide bonds. The molecule has 0 unspecified atom stereocenters. The molecule has 0 aromatic heterocycles. The van der Waals surface area contributed by atoms with Gasteiger partial charge in [-0.05, 0) is 17.7 Å². The van der Waals surface area contributed by atoms with E-state index in [1.165, 1.54) is 10.5 Å². The summed E-state index contributed by atoms with van der Waals surface area (Å²) < 4.78 is 5.08. The Bertz CT molecular complexity index is 578. The van der Waals surface area contributed by atoms with Crippen LogP contribution in [-0.2, 0) is 16.1 Å². The van der Waals surface area contributed by atoms with Crippen LogP contribution >= 0.6 is 24.0 Å². The van der Waals surface area contributed by atoms with Gasteiger partial charge in [-0.25, -0.2) is 4.99 Å². The highest BCUT2D eigenvalue weighted by atomic mass is 127. The van der Waals surface area contributed by atoms with Crippen molar-refractivity contribution in [2.45, 2.75) is 6.54 Å². The molecule has 0 saturated heterocycles. The van der Waals surface area contributed by atoms with E-state index in [0.717, 1.165) is 5.69 Å². The van der Waals surface area contributed by atoms with Crippen molar-refractivity contribution in [3.8, 4) is 0 Å². The van der Waals surface area contributed by atoms with Gasteiger partial charge in [0.05, 0.1) is 6.61 Å². The predicted octanol–water partition coefficient (Wildman–Crippen LogP) is 1.48. The second-order valence-corrected chi connectivity index (χ2v) is 6.27. The summed E-state index contributed by atoms with van der Waals surface area (Å²) in [4.78, 5) is 21.9. The van der Waals surface area contributed by atoms with E-state index >= 15 is 0 Å². The van der Waals surface area contributed by atoms with E-state index in [4.69, 9.17) is 4.74 Å². The van der Waals surface area contributed by atoms with Crippen LogP contribution in [0.5, 0.6) is 0 Å². The van der Waals surface area contributed by atoms with E-state index in [9.17, 15) is 4.79 Å². The van der Waals surface area contributed by atoms with Crippen LogP contribution in [0.2, 0.25) is 0 Å². The molecule has 0 spiro atoms. The van der Waals surface area contributed by atoms with Crippen molar-refractivity contribution in [1.29, 1.82) is 0 Å². The van der Waals surface area contributed by atoms with Gasteiger partial charge in [-0.2, -0.15) is 0 Å². The minimum atomic E-state index is -0.0333. The molecule has 0 radical (unpaired) electrons. The smallest absolute Gasteiger partial charge is 0.243 e. The fraction of sp³-hybridized carbons (Fsp3) is 0.556. The molecule has 0 atom stereocenters. The maximum absolute atomic E-state index is 11.8. The van der Waals surface area contributed by atoms with Gasteiger partial charge >= 0.3 is 0 Å². The molecule has 7 nitrogen and oxygen atoms in total. The first-order chi connectivity index (χ1) is 11.8. The first-order valence-corrected chi connectivity index (χ1v) is 8.30. The summed E-state index contributed by atoms with van der Waals surface area (Å²) in [5.41, 5.74) is 2.33. The summed E-state index contributed by atoms with van der Waals surface area (Å²) in [5.74, 6) is 0.650. The lowest BCUT2D eigenvalue weighted by Crippen LogP contribution is -2.41.